The lowest BCUT2D eigenvalue weighted by Crippen LogP contribution is -2.62. The fraction of sp³-hybridized carbons (Fsp3) is 0.562. The number of benzene rings is 1. The summed E-state index contributed by atoms with van der Waals surface area (Å²) in [6.07, 6.45) is 3.96. The van der Waals surface area contributed by atoms with E-state index in [4.69, 9.17) is 4.74 Å². The maximum Gasteiger partial charge on any atom is 0.215 e. The van der Waals surface area contributed by atoms with Crippen LogP contribution in [0.25, 0.3) is 0 Å². The lowest BCUT2D eigenvalue weighted by molar-refractivity contribution is -0.132. The summed E-state index contributed by atoms with van der Waals surface area (Å²) in [6.45, 7) is 0.782. The molecule has 5 heteroatoms. The molecule has 1 saturated heterocycles. The summed E-state index contributed by atoms with van der Waals surface area (Å²) in [4.78, 5) is 12.9. The topological polar surface area (TPSA) is 82.1 Å². The van der Waals surface area contributed by atoms with Gasteiger partial charge in [0.05, 0.1) is 5.41 Å². The smallest absolute Gasteiger partial charge is 0.215 e. The molecule has 5 rings (SSSR count). The number of carbonyl (C=O) groups is 1. The number of phenolic OH excluding ortho intramolecular Hbond substituents is 2. The van der Waals surface area contributed by atoms with E-state index in [1.807, 2.05) is 0 Å². The number of carbonyl (C=O) groups excluding carboxylic acids is 1. The molecule has 0 spiro atoms. The van der Waals surface area contributed by atoms with Crippen molar-refractivity contribution in [2.75, 3.05) is 6.54 Å². The molecule has 0 amide bonds. The van der Waals surface area contributed by atoms with Gasteiger partial charge in [0.25, 0.3) is 0 Å². The van der Waals surface area contributed by atoms with Crippen LogP contribution in [-0.2, 0) is 16.6 Å². The summed E-state index contributed by atoms with van der Waals surface area (Å²) in [5.41, 5.74) is 0.984. The number of ether oxygens (including phenoxy) is 1. The average molecular weight is 287 g/mol. The van der Waals surface area contributed by atoms with Crippen molar-refractivity contribution in [2.24, 2.45) is 5.92 Å². The van der Waals surface area contributed by atoms with Crippen LogP contribution in [0.3, 0.4) is 0 Å². The zero-order chi connectivity index (χ0) is 14.4. The van der Waals surface area contributed by atoms with Crippen molar-refractivity contribution in [1.82, 2.24) is 5.32 Å². The molecule has 1 aromatic rings. The Kier molecular flexibility index (Phi) is 1.99. The molecular formula is C16H17NO4. The third kappa shape index (κ3) is 1.20. The van der Waals surface area contributed by atoms with Crippen molar-refractivity contribution in [3.05, 3.63) is 11.1 Å². The lowest BCUT2D eigenvalue weighted by Gasteiger charge is -2.54. The second-order valence-electron chi connectivity index (χ2n) is 6.72. The van der Waals surface area contributed by atoms with Crippen LogP contribution in [-0.4, -0.2) is 28.6 Å². The van der Waals surface area contributed by atoms with Crippen LogP contribution in [0, 0.1) is 5.92 Å². The Morgan fingerprint density at radius 3 is 2.95 bits per heavy atom. The summed E-state index contributed by atoms with van der Waals surface area (Å²) in [6, 6.07) is 0.271. The number of hydrogen-bond acceptors (Lipinski definition) is 5. The van der Waals surface area contributed by atoms with Crippen LogP contribution in [0.5, 0.6) is 23.0 Å². The van der Waals surface area contributed by atoms with Gasteiger partial charge in [0.15, 0.2) is 11.5 Å². The van der Waals surface area contributed by atoms with Crippen LogP contribution < -0.4 is 10.1 Å². The summed E-state index contributed by atoms with van der Waals surface area (Å²) >= 11 is 0. The van der Waals surface area contributed by atoms with Gasteiger partial charge in [-0.2, -0.15) is 0 Å². The minimum absolute atomic E-state index is 0.123. The molecular weight excluding hydrogens is 270 g/mol. The van der Waals surface area contributed by atoms with Gasteiger partial charge >= 0.3 is 0 Å². The molecule has 3 atom stereocenters. The first-order valence-electron chi connectivity index (χ1n) is 7.70. The molecule has 0 radical (unpaired) electrons. The fourth-order valence-corrected chi connectivity index (χ4v) is 5.10. The van der Waals surface area contributed by atoms with Gasteiger partial charge in [-0.3, -0.25) is 4.79 Å². The first-order valence-corrected chi connectivity index (χ1v) is 7.70. The van der Waals surface area contributed by atoms with Crippen molar-refractivity contribution < 1.29 is 19.7 Å². The van der Waals surface area contributed by atoms with Crippen LogP contribution in [0.4, 0.5) is 0 Å². The minimum Gasteiger partial charge on any atom is -0.504 e. The normalized spacial score (nSPS) is 35.3. The first kappa shape index (κ1) is 11.9. The zero-order valence-corrected chi connectivity index (χ0v) is 11.6. The van der Waals surface area contributed by atoms with Crippen molar-refractivity contribution in [1.29, 1.82) is 0 Å². The van der Waals surface area contributed by atoms with E-state index in [1.54, 1.807) is 0 Å². The molecule has 0 unspecified atom stereocenters. The SMILES string of the molecule is O=C1CCC[C@H]2[C@H]3Cc4c5c(c(O)c(O)c4[C@@]12CCN3)O5. The number of piperidine rings is 1. The highest BCUT2D eigenvalue weighted by molar-refractivity contribution is 5.95. The largest absolute Gasteiger partial charge is 0.504 e. The summed E-state index contributed by atoms with van der Waals surface area (Å²) in [7, 11) is 0. The van der Waals surface area contributed by atoms with Gasteiger partial charge in [0, 0.05) is 23.6 Å². The van der Waals surface area contributed by atoms with Gasteiger partial charge in [-0.05, 0) is 38.1 Å². The number of hydrogen-bond donors (Lipinski definition) is 3. The van der Waals surface area contributed by atoms with E-state index in [0.29, 0.717) is 29.9 Å². The number of ketones is 1. The quantitative estimate of drug-likeness (QED) is 0.508. The van der Waals surface area contributed by atoms with Gasteiger partial charge in [0.1, 0.15) is 5.78 Å². The molecule has 2 heterocycles. The number of fused-ring (bicyclic) bond motifs is 3. The number of rotatable bonds is 0. The molecule has 1 aromatic carbocycles. The second-order valence-corrected chi connectivity index (χ2v) is 6.72. The predicted molar refractivity (Wildman–Crippen MR) is 74.0 cm³/mol. The van der Waals surface area contributed by atoms with Gasteiger partial charge < -0.3 is 20.3 Å². The molecule has 21 heavy (non-hydrogen) atoms. The van der Waals surface area contributed by atoms with Gasteiger partial charge in [0.2, 0.25) is 11.5 Å². The van der Waals surface area contributed by atoms with Gasteiger partial charge in [-0.15, -0.1) is 0 Å². The Morgan fingerprint density at radius 2 is 2.10 bits per heavy atom. The fourth-order valence-electron chi connectivity index (χ4n) is 5.10. The number of aromatic hydroxyl groups is 2. The molecule has 2 aliphatic carbocycles. The molecule has 0 aromatic heterocycles. The Balaban J connectivity index is 1.85. The van der Waals surface area contributed by atoms with Crippen LogP contribution in [0.1, 0.15) is 36.8 Å². The maximum atomic E-state index is 12.9. The van der Waals surface area contributed by atoms with E-state index in [1.165, 1.54) is 0 Å². The van der Waals surface area contributed by atoms with Crippen LogP contribution in [0.2, 0.25) is 0 Å². The Labute approximate surface area is 121 Å². The number of Topliss-reactive ketones (excluding diaryl/α,β-unsaturated/α-hetero) is 1. The third-order valence-corrected chi connectivity index (χ3v) is 5.95. The highest BCUT2D eigenvalue weighted by Gasteiger charge is 2.59. The van der Waals surface area contributed by atoms with Gasteiger partial charge in [-0.25, -0.2) is 0 Å². The van der Waals surface area contributed by atoms with E-state index in [9.17, 15) is 15.0 Å². The van der Waals surface area contributed by atoms with E-state index in [0.717, 1.165) is 31.4 Å². The van der Waals surface area contributed by atoms with Gasteiger partial charge in [-0.1, -0.05) is 0 Å². The summed E-state index contributed by atoms with van der Waals surface area (Å²) in [5.74, 6) is 1.21. The highest BCUT2D eigenvalue weighted by atomic mass is 16.6. The van der Waals surface area contributed by atoms with E-state index < -0.39 is 5.41 Å². The highest BCUT2D eigenvalue weighted by Crippen LogP contribution is 2.66. The van der Waals surface area contributed by atoms with Crippen LogP contribution >= 0.6 is 0 Å². The predicted octanol–water partition coefficient (Wildman–Crippen LogP) is 1.73. The maximum absolute atomic E-state index is 12.9. The molecule has 1 saturated carbocycles. The Morgan fingerprint density at radius 1 is 1.24 bits per heavy atom. The molecule has 2 aliphatic heterocycles. The third-order valence-electron chi connectivity index (χ3n) is 5.95. The molecule has 4 aliphatic rings. The zero-order valence-electron chi connectivity index (χ0n) is 11.6. The number of phenols is 2. The monoisotopic (exact) mass is 287 g/mol. The molecule has 2 fully saturated rings. The summed E-state index contributed by atoms with van der Waals surface area (Å²) < 4.78 is 5.38. The second kappa shape index (κ2) is 3.53. The lowest BCUT2D eigenvalue weighted by atomic mass is 9.52. The average Bonchev–Trinajstić information content (AvgIpc) is 3.25. The summed E-state index contributed by atoms with van der Waals surface area (Å²) in [5, 5.41) is 24.1. The molecule has 5 nitrogen and oxygen atoms in total. The van der Waals surface area contributed by atoms with Crippen LogP contribution in [0.15, 0.2) is 0 Å². The van der Waals surface area contributed by atoms with Crippen molar-refractivity contribution in [3.63, 3.8) is 0 Å². The standard InChI is InChI=1S/C16H17NO4/c18-10-3-1-2-8-9-6-7-11(16(8,10)4-5-17-9)12(19)13(20)15-14(7)21-15/h8-9,17,19-20H,1-6H2/t8-,9+,16+/m0/s1. The Hall–Kier alpha value is -1.75. The van der Waals surface area contributed by atoms with Crippen molar-refractivity contribution in [2.45, 2.75) is 43.6 Å². The van der Waals surface area contributed by atoms with E-state index in [-0.39, 0.29) is 29.2 Å². The van der Waals surface area contributed by atoms with E-state index in [2.05, 4.69) is 5.32 Å². The number of nitrogens with one attached hydrogen (secondary N) is 1. The van der Waals surface area contributed by atoms with Crippen molar-refractivity contribution >= 4 is 5.78 Å². The minimum atomic E-state index is -0.621. The van der Waals surface area contributed by atoms with E-state index >= 15 is 0 Å². The molecule has 3 N–H and O–H groups in total. The Bertz CT molecular complexity index is 698. The first-order chi connectivity index (χ1) is 10.1. The molecule has 110 valence electrons. The molecule has 2 bridgehead atoms. The van der Waals surface area contributed by atoms with Crippen molar-refractivity contribution in [3.8, 4) is 23.0 Å².